The molecular weight excluding hydrogens is 898 g/mol. The van der Waals surface area contributed by atoms with Crippen LogP contribution in [0.5, 0.6) is 0 Å². The first-order chi connectivity index (χ1) is 25.3. The smallest absolute Gasteiger partial charge is 0.542 e. The van der Waals surface area contributed by atoms with Gasteiger partial charge >= 0.3 is 37.3 Å². The SMILES string of the molecule is CCCCCCCCC(CCCCCCCC)OC=O.CCCCCCCCN(CCCCCCC[C-]=O)CCCC(F)(F)F.[CH2-]CCCCCC.[U+2]. The maximum absolute atomic E-state index is 12.3. The van der Waals surface area contributed by atoms with Crippen molar-refractivity contribution < 1.29 is 58.6 Å². The van der Waals surface area contributed by atoms with Crippen LogP contribution in [0.15, 0.2) is 0 Å². The number of ether oxygens (including phenoxy) is 1. The fraction of sp³-hybridized carbons (Fsp3) is 0.933. The molecule has 4 nitrogen and oxygen atoms in total. The van der Waals surface area contributed by atoms with Gasteiger partial charge in [-0.3, -0.25) is 11.1 Å². The van der Waals surface area contributed by atoms with E-state index in [2.05, 4.69) is 39.5 Å². The van der Waals surface area contributed by atoms with Crippen LogP contribution in [0.25, 0.3) is 0 Å². The third-order valence-electron chi connectivity index (χ3n) is 9.63. The van der Waals surface area contributed by atoms with Gasteiger partial charge < -0.3 is 21.4 Å². The van der Waals surface area contributed by atoms with Crippen LogP contribution in [0.3, 0.4) is 0 Å². The van der Waals surface area contributed by atoms with Crippen molar-refractivity contribution in [3.8, 4) is 0 Å². The minimum atomic E-state index is -4.04. The van der Waals surface area contributed by atoms with Gasteiger partial charge in [-0.25, -0.2) is 0 Å². The molecule has 0 spiro atoms. The molecule has 0 aromatic heterocycles. The predicted octanol–water partition coefficient (Wildman–Crippen LogP) is 15.3. The van der Waals surface area contributed by atoms with E-state index in [1.807, 2.05) is 6.29 Å². The van der Waals surface area contributed by atoms with Crippen molar-refractivity contribution >= 4 is 12.8 Å². The van der Waals surface area contributed by atoms with Gasteiger partial charge in [-0.1, -0.05) is 175 Å². The van der Waals surface area contributed by atoms with E-state index in [9.17, 15) is 22.8 Å². The minimum absolute atomic E-state index is 0. The molecular formula is C45H88F3NO3U. The van der Waals surface area contributed by atoms with Gasteiger partial charge in [0.2, 0.25) is 0 Å². The van der Waals surface area contributed by atoms with Crippen molar-refractivity contribution in [2.45, 2.75) is 252 Å². The average Bonchev–Trinajstić information content (AvgIpc) is 3.12. The zero-order valence-corrected chi connectivity index (χ0v) is 39.8. The molecule has 0 saturated heterocycles. The van der Waals surface area contributed by atoms with Gasteiger partial charge in [0.05, 0.1) is 0 Å². The molecule has 8 heteroatoms. The maximum atomic E-state index is 12.3. The van der Waals surface area contributed by atoms with Gasteiger partial charge in [-0.05, 0) is 64.6 Å². The summed E-state index contributed by atoms with van der Waals surface area (Å²) < 4.78 is 42.2. The van der Waals surface area contributed by atoms with Gasteiger partial charge in [0, 0.05) is 6.42 Å². The molecule has 316 valence electrons. The average molecular weight is 986 g/mol. The first-order valence-electron chi connectivity index (χ1n) is 22.3. The number of carbonyl (C=O) groups is 1. The molecule has 0 aromatic rings. The predicted molar refractivity (Wildman–Crippen MR) is 220 cm³/mol. The zero-order valence-electron chi connectivity index (χ0n) is 35.6. The van der Waals surface area contributed by atoms with Gasteiger partial charge in [0.25, 0.3) is 6.47 Å². The summed E-state index contributed by atoms with van der Waals surface area (Å²) >= 11 is 0. The third-order valence-corrected chi connectivity index (χ3v) is 9.63. The van der Waals surface area contributed by atoms with Crippen LogP contribution in [-0.2, 0) is 14.3 Å². The monoisotopic (exact) mass is 986 g/mol. The molecule has 0 unspecified atom stereocenters. The molecule has 0 N–H and O–H groups in total. The Morgan fingerprint density at radius 1 is 0.566 bits per heavy atom. The fourth-order valence-electron chi connectivity index (χ4n) is 6.28. The van der Waals surface area contributed by atoms with Crippen LogP contribution in [-0.4, -0.2) is 49.6 Å². The van der Waals surface area contributed by atoms with Crippen molar-refractivity contribution in [1.29, 1.82) is 0 Å². The van der Waals surface area contributed by atoms with Gasteiger partial charge in [0.1, 0.15) is 6.10 Å². The van der Waals surface area contributed by atoms with Crippen LogP contribution in [0.4, 0.5) is 13.2 Å². The molecule has 0 aliphatic rings. The summed E-state index contributed by atoms with van der Waals surface area (Å²) in [4.78, 5) is 22.9. The van der Waals surface area contributed by atoms with Crippen LogP contribution < -0.4 is 0 Å². The molecule has 0 saturated carbocycles. The quantitative estimate of drug-likeness (QED) is 0.0351. The van der Waals surface area contributed by atoms with Crippen molar-refractivity contribution in [2.75, 3.05) is 19.6 Å². The Balaban J connectivity index is -0.000000383. The number of hydrogen-bond acceptors (Lipinski definition) is 4. The molecule has 0 aliphatic carbocycles. The summed E-state index contributed by atoms with van der Waals surface area (Å²) in [5.74, 6) is 0. The van der Waals surface area contributed by atoms with Crippen molar-refractivity contribution in [1.82, 2.24) is 4.90 Å². The van der Waals surface area contributed by atoms with Crippen LogP contribution in [0.1, 0.15) is 240 Å². The maximum Gasteiger partial charge on any atom is 2.00 e. The van der Waals surface area contributed by atoms with E-state index >= 15 is 0 Å². The Bertz CT molecular complexity index is 649. The number of halogens is 3. The molecule has 0 fully saturated rings. The molecule has 0 bridgehead atoms. The summed E-state index contributed by atoms with van der Waals surface area (Å²) in [6, 6.07) is 0. The largest absolute Gasteiger partial charge is 2.00 e. The Kier molecular flexibility index (Phi) is 58.4. The van der Waals surface area contributed by atoms with Crippen molar-refractivity contribution in [3.05, 3.63) is 6.92 Å². The number of hydrogen-bond donors (Lipinski definition) is 0. The van der Waals surface area contributed by atoms with Gasteiger partial charge in [-0.2, -0.15) is 26.0 Å². The molecule has 0 amide bonds. The molecule has 0 atom stereocenters. The number of rotatable bonds is 38. The second kappa shape index (κ2) is 51.9. The van der Waals surface area contributed by atoms with E-state index < -0.39 is 12.6 Å². The van der Waals surface area contributed by atoms with E-state index in [4.69, 9.17) is 4.74 Å². The molecule has 0 aliphatic heterocycles. The summed E-state index contributed by atoms with van der Waals surface area (Å²) in [5.41, 5.74) is 0. The van der Waals surface area contributed by atoms with Crippen molar-refractivity contribution in [3.63, 3.8) is 0 Å². The number of unbranched alkanes of at least 4 members (excludes halogenated alkanes) is 24. The second-order valence-electron chi connectivity index (χ2n) is 14.9. The van der Waals surface area contributed by atoms with E-state index in [1.54, 1.807) is 0 Å². The van der Waals surface area contributed by atoms with Crippen LogP contribution in [0, 0.1) is 38.0 Å². The van der Waals surface area contributed by atoms with Crippen LogP contribution in [0.2, 0.25) is 0 Å². The minimum Gasteiger partial charge on any atom is -0.542 e. The summed E-state index contributed by atoms with van der Waals surface area (Å²) in [6.07, 6.45) is 34.8. The summed E-state index contributed by atoms with van der Waals surface area (Å²) in [7, 11) is 0. The first kappa shape index (κ1) is 59.6. The Morgan fingerprint density at radius 3 is 1.30 bits per heavy atom. The van der Waals surface area contributed by atoms with E-state index in [0.717, 1.165) is 70.9 Å². The topological polar surface area (TPSA) is 46.6 Å². The van der Waals surface area contributed by atoms with Gasteiger partial charge in [-0.15, -0.1) is 0 Å². The van der Waals surface area contributed by atoms with E-state index in [-0.39, 0.29) is 43.6 Å². The summed E-state index contributed by atoms with van der Waals surface area (Å²) in [5, 5.41) is 0. The standard InChI is InChI=1S/C20H37F3NO.C18H36O2.C7H15.U/c1-2-3-4-5-8-11-16-24(18-14-15-20(21,22)23)17-12-9-6-7-10-13-19-25;1-3-5-7-9-11-13-15-18(20-17-19)16-14-12-10-8-6-4-2;1-3-5-7-6-4-2;/h2-18H2,1H3;17-18H,3-16H2,1-2H3;1,3-7H2,2H3;/q-1;;-1;+2. The normalized spacial score (nSPS) is 11.1. The Morgan fingerprint density at radius 2 is 0.925 bits per heavy atom. The number of nitrogens with zero attached hydrogens (tertiary/aromatic N) is 1. The molecule has 0 heterocycles. The van der Waals surface area contributed by atoms with Crippen LogP contribution >= 0.6 is 0 Å². The molecule has 53 heavy (non-hydrogen) atoms. The van der Waals surface area contributed by atoms with E-state index in [0.29, 0.717) is 19.4 Å². The number of alkyl halides is 3. The van der Waals surface area contributed by atoms with Gasteiger partial charge in [0.15, 0.2) is 0 Å². The van der Waals surface area contributed by atoms with Crippen molar-refractivity contribution in [2.24, 2.45) is 0 Å². The first-order valence-corrected chi connectivity index (χ1v) is 22.3. The molecule has 0 rings (SSSR count). The second-order valence-corrected chi connectivity index (χ2v) is 14.9. The number of carbonyl (C=O) groups excluding carboxylic acids is 2. The summed E-state index contributed by atoms with van der Waals surface area (Å²) in [6.45, 7) is 15.7. The third kappa shape index (κ3) is 58.8. The Labute approximate surface area is 352 Å². The molecule has 0 aromatic carbocycles. The fourth-order valence-corrected chi connectivity index (χ4v) is 6.28. The zero-order chi connectivity index (χ0) is 39.2. The molecule has 0 radical (unpaired) electrons. The van der Waals surface area contributed by atoms with E-state index in [1.165, 1.54) is 135 Å². The Hall–Kier alpha value is -0.0581.